The monoisotopic (exact) mass is 286 g/mol. The summed E-state index contributed by atoms with van der Waals surface area (Å²) in [6, 6.07) is 2.31. The minimum atomic E-state index is -1.16. The van der Waals surface area contributed by atoms with Crippen LogP contribution >= 0.6 is 11.6 Å². The normalized spacial score (nSPS) is 32.8. The van der Waals surface area contributed by atoms with E-state index in [9.17, 15) is 13.2 Å². The van der Waals surface area contributed by atoms with Crippen LogP contribution < -0.4 is 0 Å². The van der Waals surface area contributed by atoms with E-state index < -0.39 is 17.3 Å². The first kappa shape index (κ1) is 13.0. The molecule has 0 aliphatic heterocycles. The topological polar surface area (TPSA) is 0 Å². The molecule has 19 heavy (non-hydrogen) atoms. The summed E-state index contributed by atoms with van der Waals surface area (Å²) in [6.45, 7) is 3.81. The lowest BCUT2D eigenvalue weighted by molar-refractivity contribution is 0.167. The fourth-order valence-electron chi connectivity index (χ4n) is 3.62. The first-order valence-corrected chi connectivity index (χ1v) is 6.81. The Morgan fingerprint density at radius 1 is 1.32 bits per heavy atom. The molecule has 1 aromatic rings. The third kappa shape index (κ3) is 1.99. The second-order valence-corrected chi connectivity index (χ2v) is 6.12. The van der Waals surface area contributed by atoms with E-state index in [1.807, 2.05) is 0 Å². The third-order valence-electron chi connectivity index (χ3n) is 4.56. The molecule has 0 aromatic heterocycles. The van der Waals surface area contributed by atoms with Crippen LogP contribution in [0.3, 0.4) is 0 Å². The smallest absolute Gasteiger partial charge is 0.152 e. The zero-order chi connectivity index (χ0) is 13.8. The Bertz CT molecular complexity index is 555. The Balaban J connectivity index is 1.96. The van der Waals surface area contributed by atoms with Gasteiger partial charge >= 0.3 is 0 Å². The molecule has 2 aliphatic carbocycles. The maximum atomic E-state index is 14.2. The summed E-state index contributed by atoms with van der Waals surface area (Å²) < 4.78 is 42.0. The molecular weight excluding hydrogens is 273 g/mol. The average molecular weight is 287 g/mol. The molecule has 0 N–H and O–H groups in total. The largest absolute Gasteiger partial charge is 0.244 e. The Labute approximate surface area is 115 Å². The number of allylic oxidation sites excluding steroid dienone is 1. The lowest BCUT2D eigenvalue weighted by atomic mass is 9.80. The fourth-order valence-corrected chi connectivity index (χ4v) is 3.78. The molecule has 0 nitrogen and oxygen atoms in total. The predicted octanol–water partition coefficient (Wildman–Crippen LogP) is 5.16. The molecule has 0 radical (unpaired) electrons. The minimum Gasteiger partial charge on any atom is -0.244 e. The summed E-state index contributed by atoms with van der Waals surface area (Å²) in [7, 11) is 0. The molecule has 2 fully saturated rings. The minimum absolute atomic E-state index is 0.129. The van der Waals surface area contributed by atoms with Gasteiger partial charge in [-0.05, 0) is 55.2 Å². The van der Waals surface area contributed by atoms with E-state index in [1.54, 1.807) is 0 Å². The van der Waals surface area contributed by atoms with E-state index in [0.29, 0.717) is 24.8 Å². The molecule has 3 rings (SSSR count). The van der Waals surface area contributed by atoms with Crippen LogP contribution in [-0.2, 0) is 0 Å². The van der Waals surface area contributed by atoms with Crippen molar-refractivity contribution in [2.75, 3.05) is 0 Å². The highest BCUT2D eigenvalue weighted by Gasteiger charge is 2.52. The molecule has 1 aromatic carbocycles. The maximum Gasteiger partial charge on any atom is 0.152 e. The van der Waals surface area contributed by atoms with Crippen LogP contribution in [0.4, 0.5) is 13.2 Å². The molecule has 2 aliphatic rings. The van der Waals surface area contributed by atoms with Gasteiger partial charge in [0, 0.05) is 0 Å². The van der Waals surface area contributed by atoms with Gasteiger partial charge in [-0.1, -0.05) is 18.2 Å². The summed E-state index contributed by atoms with van der Waals surface area (Å²) in [5.41, 5.74) is -0.987. The van der Waals surface area contributed by atoms with Crippen molar-refractivity contribution < 1.29 is 13.2 Å². The van der Waals surface area contributed by atoms with Crippen LogP contribution in [0.5, 0.6) is 0 Å². The molecule has 0 saturated heterocycles. The summed E-state index contributed by atoms with van der Waals surface area (Å²) in [4.78, 5) is 0. The Morgan fingerprint density at radius 2 is 2.05 bits per heavy atom. The maximum absolute atomic E-state index is 14.2. The quantitative estimate of drug-likeness (QED) is 0.659. The van der Waals surface area contributed by atoms with Crippen molar-refractivity contribution in [3.8, 4) is 0 Å². The van der Waals surface area contributed by atoms with Crippen molar-refractivity contribution in [2.24, 2.45) is 11.8 Å². The third-order valence-corrected chi connectivity index (χ3v) is 4.85. The van der Waals surface area contributed by atoms with Crippen LogP contribution in [0.2, 0.25) is 5.02 Å². The van der Waals surface area contributed by atoms with E-state index in [4.69, 9.17) is 11.6 Å². The summed E-state index contributed by atoms with van der Waals surface area (Å²) in [6.07, 6.45) is 2.13. The number of fused-ring (bicyclic) bond motifs is 2. The van der Waals surface area contributed by atoms with Crippen molar-refractivity contribution in [1.29, 1.82) is 0 Å². The van der Waals surface area contributed by atoms with E-state index in [2.05, 4.69) is 6.58 Å². The molecule has 4 heteroatoms. The SMILES string of the molecule is C=C(c1c(F)ccc(Cl)c1F)C1CC2(F)CCC1C2. The molecule has 3 unspecified atom stereocenters. The fraction of sp³-hybridized carbons (Fsp3) is 0.467. The lowest BCUT2D eigenvalue weighted by Crippen LogP contribution is -2.20. The zero-order valence-corrected chi connectivity index (χ0v) is 11.1. The zero-order valence-electron chi connectivity index (χ0n) is 10.4. The second-order valence-electron chi connectivity index (χ2n) is 5.71. The van der Waals surface area contributed by atoms with Gasteiger partial charge in [0.25, 0.3) is 0 Å². The molecule has 102 valence electrons. The molecule has 2 saturated carbocycles. The molecule has 2 bridgehead atoms. The number of hydrogen-bond donors (Lipinski definition) is 0. The summed E-state index contributed by atoms with van der Waals surface area (Å²) in [5, 5.41) is -0.129. The standard InChI is InChI=1S/C15H14ClF3/c1-8(10-7-15(19)5-4-9(10)6-15)13-12(17)3-2-11(16)14(13)18/h2-3,9-10H,1,4-7H2. The Kier molecular flexibility index (Phi) is 2.93. The van der Waals surface area contributed by atoms with E-state index in [0.717, 1.165) is 12.5 Å². The van der Waals surface area contributed by atoms with Crippen molar-refractivity contribution in [3.63, 3.8) is 0 Å². The first-order valence-electron chi connectivity index (χ1n) is 6.43. The molecule has 0 spiro atoms. The van der Waals surface area contributed by atoms with Crippen LogP contribution in [0.25, 0.3) is 5.57 Å². The van der Waals surface area contributed by atoms with Gasteiger partial charge in [-0.15, -0.1) is 0 Å². The lowest BCUT2D eigenvalue weighted by Gasteiger charge is -2.26. The molecule has 0 heterocycles. The van der Waals surface area contributed by atoms with Gasteiger partial charge in [-0.3, -0.25) is 0 Å². The van der Waals surface area contributed by atoms with Crippen LogP contribution in [0.1, 0.15) is 31.2 Å². The number of benzene rings is 1. The van der Waals surface area contributed by atoms with Gasteiger partial charge in [-0.25, -0.2) is 13.2 Å². The van der Waals surface area contributed by atoms with Gasteiger partial charge in [-0.2, -0.15) is 0 Å². The number of halogens is 4. The Morgan fingerprint density at radius 3 is 2.63 bits per heavy atom. The summed E-state index contributed by atoms with van der Waals surface area (Å²) >= 11 is 5.69. The van der Waals surface area contributed by atoms with Gasteiger partial charge in [0.15, 0.2) is 5.82 Å². The Hall–Kier alpha value is -0.960. The number of hydrogen-bond acceptors (Lipinski definition) is 0. The highest BCUT2D eigenvalue weighted by Crippen LogP contribution is 2.57. The van der Waals surface area contributed by atoms with Crippen molar-refractivity contribution in [3.05, 3.63) is 40.9 Å². The van der Waals surface area contributed by atoms with Crippen LogP contribution in [0.15, 0.2) is 18.7 Å². The number of rotatable bonds is 2. The van der Waals surface area contributed by atoms with Crippen molar-refractivity contribution in [2.45, 2.75) is 31.4 Å². The summed E-state index contributed by atoms with van der Waals surface area (Å²) in [5.74, 6) is -1.50. The highest BCUT2D eigenvalue weighted by molar-refractivity contribution is 6.30. The van der Waals surface area contributed by atoms with Crippen molar-refractivity contribution >= 4 is 17.2 Å². The average Bonchev–Trinajstić information content (AvgIpc) is 2.89. The van der Waals surface area contributed by atoms with Crippen LogP contribution in [0, 0.1) is 23.5 Å². The van der Waals surface area contributed by atoms with E-state index >= 15 is 0 Å². The molecule has 0 amide bonds. The number of alkyl halides is 1. The van der Waals surface area contributed by atoms with Crippen LogP contribution in [-0.4, -0.2) is 5.67 Å². The molecular formula is C15H14ClF3. The van der Waals surface area contributed by atoms with Crippen molar-refractivity contribution in [1.82, 2.24) is 0 Å². The molecule has 3 atom stereocenters. The van der Waals surface area contributed by atoms with Gasteiger partial charge in [0.1, 0.15) is 11.5 Å². The predicted molar refractivity (Wildman–Crippen MR) is 69.7 cm³/mol. The van der Waals surface area contributed by atoms with Gasteiger partial charge in [0.2, 0.25) is 0 Å². The van der Waals surface area contributed by atoms with E-state index in [1.165, 1.54) is 6.07 Å². The second kappa shape index (κ2) is 4.27. The highest BCUT2D eigenvalue weighted by atomic mass is 35.5. The van der Waals surface area contributed by atoms with Gasteiger partial charge < -0.3 is 0 Å². The van der Waals surface area contributed by atoms with E-state index in [-0.39, 0.29) is 22.4 Å². The first-order chi connectivity index (χ1) is 8.91. The van der Waals surface area contributed by atoms with Gasteiger partial charge in [0.05, 0.1) is 10.6 Å².